The largest absolute Gasteiger partial charge is 0.458 e. The van der Waals surface area contributed by atoms with E-state index in [9.17, 15) is 9.59 Å². The molecule has 0 N–H and O–H groups in total. The highest BCUT2D eigenvalue weighted by Crippen LogP contribution is 2.35. The molecule has 0 aliphatic rings. The first-order valence-corrected chi connectivity index (χ1v) is 10.5. The molecule has 0 bridgehead atoms. The van der Waals surface area contributed by atoms with Crippen LogP contribution in [-0.4, -0.2) is 11.9 Å². The fraction of sp³-hybridized carbons (Fsp3) is 0.143. The smallest absolute Gasteiger partial charge is 0.333 e. The van der Waals surface area contributed by atoms with Gasteiger partial charge in [-0.15, -0.1) is 0 Å². The predicted octanol–water partition coefficient (Wildman–Crippen LogP) is 6.31. The van der Waals surface area contributed by atoms with Gasteiger partial charge in [-0.1, -0.05) is 55.1 Å². The van der Waals surface area contributed by atoms with Gasteiger partial charge < -0.3 is 14.4 Å². The molecule has 0 amide bonds. The molecule has 0 saturated heterocycles. The first kappa shape index (κ1) is 23.5. The molecular formula is C28H27NO4. The molecule has 3 aromatic carbocycles. The van der Waals surface area contributed by atoms with E-state index in [1.165, 1.54) is 5.56 Å². The molecular weight excluding hydrogens is 414 g/mol. The van der Waals surface area contributed by atoms with E-state index in [1.807, 2.05) is 48.5 Å². The molecule has 5 nitrogen and oxygen atoms in total. The van der Waals surface area contributed by atoms with E-state index < -0.39 is 11.9 Å². The number of nitrogens with zero attached hydrogens (tertiary/aromatic N) is 1. The minimum atomic E-state index is -0.450. The Labute approximate surface area is 194 Å². The van der Waals surface area contributed by atoms with Crippen LogP contribution in [0.1, 0.15) is 23.6 Å². The number of carbonyl (C=O) groups excluding carboxylic acids is 2. The van der Waals surface area contributed by atoms with E-state index in [4.69, 9.17) is 9.47 Å². The van der Waals surface area contributed by atoms with Gasteiger partial charge in [0.25, 0.3) is 0 Å². The van der Waals surface area contributed by atoms with Gasteiger partial charge in [-0.2, -0.15) is 0 Å². The summed E-state index contributed by atoms with van der Waals surface area (Å²) < 4.78 is 10.4. The lowest BCUT2D eigenvalue weighted by Crippen LogP contribution is -2.10. The van der Waals surface area contributed by atoms with Crippen molar-refractivity contribution in [3.05, 3.63) is 114 Å². The van der Waals surface area contributed by atoms with Crippen LogP contribution in [0.2, 0.25) is 0 Å². The molecule has 0 aliphatic carbocycles. The van der Waals surface area contributed by atoms with Crippen LogP contribution in [0.25, 0.3) is 0 Å². The molecule has 0 heterocycles. The van der Waals surface area contributed by atoms with Crippen molar-refractivity contribution in [3.63, 3.8) is 0 Å². The summed E-state index contributed by atoms with van der Waals surface area (Å²) in [5.41, 5.74) is 6.24. The molecule has 0 spiro atoms. The summed E-state index contributed by atoms with van der Waals surface area (Å²) in [5.74, 6) is -0.853. The number of hydrogen-bond acceptors (Lipinski definition) is 5. The SMILES string of the molecule is C=CC(=O)OCc1ccc(N(c2ccc(C)cc2)c2ccc(COC(=O)C(=C)C)cc2)cc1. The Morgan fingerprint density at radius 1 is 0.788 bits per heavy atom. The monoisotopic (exact) mass is 441 g/mol. The van der Waals surface area contributed by atoms with Gasteiger partial charge in [-0.25, -0.2) is 9.59 Å². The van der Waals surface area contributed by atoms with E-state index in [2.05, 4.69) is 49.2 Å². The Morgan fingerprint density at radius 3 is 1.64 bits per heavy atom. The van der Waals surface area contributed by atoms with Gasteiger partial charge in [0.15, 0.2) is 0 Å². The third kappa shape index (κ3) is 6.43. The molecule has 5 heteroatoms. The highest BCUT2D eigenvalue weighted by molar-refractivity contribution is 5.87. The second-order valence-corrected chi connectivity index (χ2v) is 7.67. The molecule has 168 valence electrons. The van der Waals surface area contributed by atoms with Crippen LogP contribution in [0.4, 0.5) is 17.1 Å². The highest BCUT2D eigenvalue weighted by Gasteiger charge is 2.13. The lowest BCUT2D eigenvalue weighted by molar-refractivity contribution is -0.140. The van der Waals surface area contributed by atoms with E-state index in [1.54, 1.807) is 6.92 Å². The van der Waals surface area contributed by atoms with Gasteiger partial charge in [0.2, 0.25) is 0 Å². The Balaban J connectivity index is 1.85. The second kappa shape index (κ2) is 11.0. The van der Waals surface area contributed by atoms with Gasteiger partial charge >= 0.3 is 11.9 Å². The third-order valence-corrected chi connectivity index (χ3v) is 4.95. The Hall–Kier alpha value is -4.12. The molecule has 0 radical (unpaired) electrons. The molecule has 0 aliphatic heterocycles. The number of anilines is 3. The first-order chi connectivity index (χ1) is 15.9. The second-order valence-electron chi connectivity index (χ2n) is 7.67. The van der Waals surface area contributed by atoms with Crippen molar-refractivity contribution in [3.8, 4) is 0 Å². The molecule has 0 aromatic heterocycles. The predicted molar refractivity (Wildman–Crippen MR) is 130 cm³/mol. The normalized spacial score (nSPS) is 10.2. The molecule has 33 heavy (non-hydrogen) atoms. The van der Waals surface area contributed by atoms with Crippen molar-refractivity contribution < 1.29 is 19.1 Å². The fourth-order valence-electron chi connectivity index (χ4n) is 3.11. The van der Waals surface area contributed by atoms with E-state index in [0.29, 0.717) is 5.57 Å². The number of ether oxygens (including phenoxy) is 2. The maximum atomic E-state index is 11.7. The topological polar surface area (TPSA) is 55.8 Å². The molecule has 0 atom stereocenters. The number of hydrogen-bond donors (Lipinski definition) is 0. The minimum absolute atomic E-state index is 0.188. The zero-order chi connectivity index (χ0) is 23.8. The molecule has 3 rings (SSSR count). The Bertz CT molecular complexity index is 1130. The zero-order valence-corrected chi connectivity index (χ0v) is 18.9. The van der Waals surface area contributed by atoms with Gasteiger partial charge in [0.1, 0.15) is 13.2 Å². The number of aryl methyl sites for hydroxylation is 1. The standard InChI is InChI=1S/C28H27NO4/c1-5-27(30)32-18-22-8-14-25(15-9-22)29(24-12-6-21(4)7-13-24)26-16-10-23(11-17-26)19-33-28(31)20(2)3/h5-17H,1-2,18-19H2,3-4H3. The van der Waals surface area contributed by atoms with Crippen LogP contribution in [0, 0.1) is 6.92 Å². The summed E-state index contributed by atoms with van der Waals surface area (Å²) in [6.07, 6.45) is 1.15. The minimum Gasteiger partial charge on any atom is -0.458 e. The summed E-state index contributed by atoms with van der Waals surface area (Å²) >= 11 is 0. The van der Waals surface area contributed by atoms with Crippen molar-refractivity contribution in [1.29, 1.82) is 0 Å². The van der Waals surface area contributed by atoms with Crippen LogP contribution in [0.15, 0.2) is 97.6 Å². The van der Waals surface area contributed by atoms with Crippen LogP contribution >= 0.6 is 0 Å². The summed E-state index contributed by atoms with van der Waals surface area (Å²) in [6.45, 7) is 11.1. The van der Waals surface area contributed by atoms with Gasteiger partial charge in [-0.05, 0) is 61.4 Å². The van der Waals surface area contributed by atoms with Gasteiger partial charge in [0, 0.05) is 28.7 Å². The first-order valence-electron chi connectivity index (χ1n) is 10.5. The molecule has 0 saturated carbocycles. The number of carbonyl (C=O) groups is 2. The summed E-state index contributed by atoms with van der Waals surface area (Å²) in [6, 6.07) is 23.9. The van der Waals surface area contributed by atoms with Crippen molar-refractivity contribution in [2.24, 2.45) is 0 Å². The van der Waals surface area contributed by atoms with Crippen molar-refractivity contribution in [1.82, 2.24) is 0 Å². The van der Waals surface area contributed by atoms with Crippen LogP contribution in [-0.2, 0) is 32.3 Å². The Morgan fingerprint density at radius 2 is 1.21 bits per heavy atom. The zero-order valence-electron chi connectivity index (χ0n) is 18.9. The number of esters is 2. The quantitative estimate of drug-likeness (QED) is 0.288. The van der Waals surface area contributed by atoms with Gasteiger partial charge in [0.05, 0.1) is 0 Å². The lowest BCUT2D eigenvalue weighted by atomic mass is 10.1. The average molecular weight is 442 g/mol. The van der Waals surface area contributed by atoms with E-state index in [0.717, 1.165) is 34.3 Å². The average Bonchev–Trinajstić information content (AvgIpc) is 2.83. The molecule has 3 aromatic rings. The maximum Gasteiger partial charge on any atom is 0.333 e. The Kier molecular flexibility index (Phi) is 7.82. The molecule has 0 unspecified atom stereocenters. The maximum absolute atomic E-state index is 11.7. The summed E-state index contributed by atoms with van der Waals surface area (Å²) in [7, 11) is 0. The summed E-state index contributed by atoms with van der Waals surface area (Å²) in [4.78, 5) is 25.1. The van der Waals surface area contributed by atoms with Crippen molar-refractivity contribution >= 4 is 29.0 Å². The van der Waals surface area contributed by atoms with Crippen LogP contribution in [0.3, 0.4) is 0 Å². The number of rotatable bonds is 9. The van der Waals surface area contributed by atoms with Crippen LogP contribution < -0.4 is 4.90 Å². The van der Waals surface area contributed by atoms with Gasteiger partial charge in [-0.3, -0.25) is 0 Å². The van der Waals surface area contributed by atoms with Crippen molar-refractivity contribution in [2.75, 3.05) is 4.90 Å². The summed E-state index contributed by atoms with van der Waals surface area (Å²) in [5, 5.41) is 0. The van der Waals surface area contributed by atoms with E-state index >= 15 is 0 Å². The van der Waals surface area contributed by atoms with Crippen LogP contribution in [0.5, 0.6) is 0 Å². The highest BCUT2D eigenvalue weighted by atomic mass is 16.5. The number of benzene rings is 3. The lowest BCUT2D eigenvalue weighted by Gasteiger charge is -2.26. The third-order valence-electron chi connectivity index (χ3n) is 4.95. The van der Waals surface area contributed by atoms with Crippen molar-refractivity contribution in [2.45, 2.75) is 27.1 Å². The molecule has 0 fully saturated rings. The van der Waals surface area contributed by atoms with E-state index in [-0.39, 0.29) is 13.2 Å². The fourth-order valence-corrected chi connectivity index (χ4v) is 3.11.